The zero-order valence-corrected chi connectivity index (χ0v) is 13.2. The summed E-state index contributed by atoms with van der Waals surface area (Å²) in [5.41, 5.74) is 9.31. The smallest absolute Gasteiger partial charge is 0.260 e. The second kappa shape index (κ2) is 7.00. The molecule has 4 N–H and O–H groups in total. The first-order chi connectivity index (χ1) is 12.0. The van der Waals surface area contributed by atoms with E-state index in [2.05, 4.69) is 0 Å². The minimum Gasteiger partial charge on any atom is -0.343 e. The maximum Gasteiger partial charge on any atom is 0.260 e. The Bertz CT molecular complexity index is 924. The summed E-state index contributed by atoms with van der Waals surface area (Å²) in [5, 5.41) is 9.57. The van der Waals surface area contributed by atoms with Crippen LogP contribution in [0.15, 0.2) is 48.7 Å². The number of halogens is 2. The molecule has 1 amide bonds. The van der Waals surface area contributed by atoms with Crippen molar-refractivity contribution in [3.05, 3.63) is 71.4 Å². The van der Waals surface area contributed by atoms with Gasteiger partial charge in [-0.05, 0) is 24.1 Å². The molecule has 1 aromatic heterocycles. The Morgan fingerprint density at radius 2 is 1.96 bits per heavy atom. The van der Waals surface area contributed by atoms with E-state index >= 15 is 0 Å². The number of rotatable bonds is 5. The fraction of sp³-hybridized carbons (Fsp3) is 0.167. The van der Waals surface area contributed by atoms with Crippen LogP contribution >= 0.6 is 0 Å². The molecule has 0 bridgehead atoms. The van der Waals surface area contributed by atoms with E-state index in [0.29, 0.717) is 5.56 Å². The molecule has 0 saturated carbocycles. The predicted molar refractivity (Wildman–Crippen MR) is 89.0 cm³/mol. The van der Waals surface area contributed by atoms with Crippen LogP contribution in [0, 0.1) is 11.6 Å². The molecule has 0 fully saturated rings. The summed E-state index contributed by atoms with van der Waals surface area (Å²) in [6.45, 7) is 0.216. The molecule has 2 aromatic carbocycles. The highest BCUT2D eigenvalue weighted by molar-refractivity contribution is 5.86. The number of nitrogens with two attached hydrogens (primary N) is 1. The summed E-state index contributed by atoms with van der Waals surface area (Å²) in [4.78, 5) is 11.4. The average molecular weight is 345 g/mol. The van der Waals surface area contributed by atoms with Crippen LogP contribution in [0.5, 0.6) is 0 Å². The van der Waals surface area contributed by atoms with E-state index in [1.807, 2.05) is 28.8 Å². The number of para-hydroxylation sites is 1. The van der Waals surface area contributed by atoms with Crippen molar-refractivity contribution in [2.45, 2.75) is 19.0 Å². The van der Waals surface area contributed by atoms with E-state index in [1.165, 1.54) is 17.6 Å². The first kappa shape index (κ1) is 17.1. The molecule has 1 atom stereocenters. The Morgan fingerprint density at radius 1 is 1.20 bits per heavy atom. The zero-order chi connectivity index (χ0) is 18.0. The van der Waals surface area contributed by atoms with Gasteiger partial charge in [0.25, 0.3) is 5.91 Å². The zero-order valence-electron chi connectivity index (χ0n) is 13.2. The van der Waals surface area contributed by atoms with Gasteiger partial charge in [0.05, 0.1) is 12.6 Å². The van der Waals surface area contributed by atoms with E-state index in [-0.39, 0.29) is 13.0 Å². The van der Waals surface area contributed by atoms with Gasteiger partial charge in [0.1, 0.15) is 11.6 Å². The number of fused-ring (bicyclic) bond motifs is 1. The minimum atomic E-state index is -0.910. The standard InChI is InChI=1S/C18H17F2N3O2/c19-13-6-5-11(15(20)8-13)9-23-10-12(7-16(21)18(24)22-25)14-3-1-2-4-17(14)23/h1-6,8,10,16,25H,7,9,21H2,(H,22,24). The second-order valence-electron chi connectivity index (χ2n) is 5.82. The van der Waals surface area contributed by atoms with E-state index in [0.717, 1.165) is 22.5 Å². The number of amides is 1. The van der Waals surface area contributed by atoms with Gasteiger partial charge in [-0.15, -0.1) is 0 Å². The quantitative estimate of drug-likeness (QED) is 0.490. The first-order valence-corrected chi connectivity index (χ1v) is 7.70. The minimum absolute atomic E-state index is 0.214. The fourth-order valence-electron chi connectivity index (χ4n) is 2.86. The van der Waals surface area contributed by atoms with Crippen molar-refractivity contribution >= 4 is 16.8 Å². The maximum absolute atomic E-state index is 14.0. The number of aromatic nitrogens is 1. The third-order valence-corrected chi connectivity index (χ3v) is 4.11. The van der Waals surface area contributed by atoms with Gasteiger partial charge in [-0.3, -0.25) is 10.0 Å². The lowest BCUT2D eigenvalue weighted by Gasteiger charge is -2.08. The van der Waals surface area contributed by atoms with E-state index < -0.39 is 23.6 Å². The summed E-state index contributed by atoms with van der Waals surface area (Å²) in [6, 6.07) is 10.0. The summed E-state index contributed by atoms with van der Waals surface area (Å²) in [7, 11) is 0. The lowest BCUT2D eigenvalue weighted by atomic mass is 10.1. The molecule has 3 aromatic rings. The Hall–Kier alpha value is -2.77. The number of hydrogen-bond acceptors (Lipinski definition) is 3. The molecule has 0 radical (unpaired) electrons. The van der Waals surface area contributed by atoms with Crippen LogP contribution in [0.1, 0.15) is 11.1 Å². The Kier molecular flexibility index (Phi) is 4.78. The van der Waals surface area contributed by atoms with Gasteiger partial charge in [0.15, 0.2) is 0 Å². The molecule has 0 aliphatic rings. The monoisotopic (exact) mass is 345 g/mol. The fourth-order valence-corrected chi connectivity index (χ4v) is 2.86. The van der Waals surface area contributed by atoms with Crippen molar-refractivity contribution in [2.75, 3.05) is 0 Å². The molecule has 1 heterocycles. The van der Waals surface area contributed by atoms with Crippen molar-refractivity contribution in [3.63, 3.8) is 0 Å². The molecule has 0 saturated heterocycles. The van der Waals surface area contributed by atoms with Crippen molar-refractivity contribution in [3.8, 4) is 0 Å². The van der Waals surface area contributed by atoms with Crippen molar-refractivity contribution < 1.29 is 18.8 Å². The molecule has 0 aliphatic heterocycles. The molecule has 1 unspecified atom stereocenters. The number of nitrogens with one attached hydrogen (secondary N) is 1. The average Bonchev–Trinajstić information content (AvgIpc) is 2.94. The normalized spacial score (nSPS) is 12.3. The molecular formula is C18H17F2N3O2. The highest BCUT2D eigenvalue weighted by atomic mass is 19.1. The molecular weight excluding hydrogens is 328 g/mol. The lowest BCUT2D eigenvalue weighted by molar-refractivity contribution is -0.130. The van der Waals surface area contributed by atoms with Gasteiger partial charge in [-0.25, -0.2) is 14.3 Å². The summed E-state index contributed by atoms with van der Waals surface area (Å²) < 4.78 is 28.9. The van der Waals surface area contributed by atoms with Gasteiger partial charge >= 0.3 is 0 Å². The highest BCUT2D eigenvalue weighted by Gasteiger charge is 2.17. The van der Waals surface area contributed by atoms with Crippen molar-refractivity contribution in [1.82, 2.24) is 10.0 Å². The predicted octanol–water partition coefficient (Wildman–Crippen LogP) is 2.34. The van der Waals surface area contributed by atoms with E-state index in [4.69, 9.17) is 10.9 Å². The third-order valence-electron chi connectivity index (χ3n) is 4.11. The summed E-state index contributed by atoms with van der Waals surface area (Å²) in [5.74, 6) is -1.92. The van der Waals surface area contributed by atoms with Crippen LogP contribution in [0.3, 0.4) is 0 Å². The van der Waals surface area contributed by atoms with Crippen LogP contribution in [0.4, 0.5) is 8.78 Å². The van der Waals surface area contributed by atoms with Crippen molar-refractivity contribution in [1.29, 1.82) is 0 Å². The van der Waals surface area contributed by atoms with Gasteiger partial charge < -0.3 is 10.3 Å². The Labute approximate surface area is 142 Å². The second-order valence-corrected chi connectivity index (χ2v) is 5.82. The summed E-state index contributed by atoms with van der Waals surface area (Å²) >= 11 is 0. The Balaban J connectivity index is 1.97. The number of carbonyl (C=O) groups is 1. The van der Waals surface area contributed by atoms with Crippen molar-refractivity contribution in [2.24, 2.45) is 5.73 Å². The lowest BCUT2D eigenvalue weighted by Crippen LogP contribution is -2.40. The molecule has 3 rings (SSSR count). The first-order valence-electron chi connectivity index (χ1n) is 7.70. The van der Waals surface area contributed by atoms with E-state index in [1.54, 1.807) is 6.20 Å². The van der Waals surface area contributed by atoms with E-state index in [9.17, 15) is 13.6 Å². The maximum atomic E-state index is 14.0. The highest BCUT2D eigenvalue weighted by Crippen LogP contribution is 2.24. The van der Waals surface area contributed by atoms with Crippen LogP contribution in [0.2, 0.25) is 0 Å². The van der Waals surface area contributed by atoms with Crippen LogP contribution in [0.25, 0.3) is 10.9 Å². The SMILES string of the molecule is NC(Cc1cn(Cc2ccc(F)cc2F)c2ccccc12)C(=O)NO. The largest absolute Gasteiger partial charge is 0.343 e. The number of nitrogens with zero attached hydrogens (tertiary/aromatic N) is 1. The number of benzene rings is 2. The van der Waals surface area contributed by atoms with Crippen LogP contribution < -0.4 is 11.2 Å². The van der Waals surface area contributed by atoms with Crippen LogP contribution in [-0.2, 0) is 17.8 Å². The molecule has 25 heavy (non-hydrogen) atoms. The summed E-state index contributed by atoms with van der Waals surface area (Å²) in [6.07, 6.45) is 2.00. The molecule has 5 nitrogen and oxygen atoms in total. The molecule has 0 aliphatic carbocycles. The van der Waals surface area contributed by atoms with Gasteiger partial charge in [-0.1, -0.05) is 24.3 Å². The Morgan fingerprint density at radius 3 is 2.68 bits per heavy atom. The van der Waals surface area contributed by atoms with Gasteiger partial charge in [0, 0.05) is 28.7 Å². The number of hydrogen-bond donors (Lipinski definition) is 3. The van der Waals surface area contributed by atoms with Crippen LogP contribution in [-0.4, -0.2) is 21.7 Å². The topological polar surface area (TPSA) is 80.3 Å². The molecule has 7 heteroatoms. The van der Waals surface area contributed by atoms with Gasteiger partial charge in [-0.2, -0.15) is 0 Å². The number of hydroxylamine groups is 1. The van der Waals surface area contributed by atoms with Gasteiger partial charge in [0.2, 0.25) is 0 Å². The third kappa shape index (κ3) is 3.52. The number of carbonyl (C=O) groups excluding carboxylic acids is 1. The molecule has 0 spiro atoms. The molecule has 130 valence electrons.